The zero-order chi connectivity index (χ0) is 11.3. The topological polar surface area (TPSA) is 38.7 Å². The summed E-state index contributed by atoms with van der Waals surface area (Å²) < 4.78 is 11.4. The van der Waals surface area contributed by atoms with Crippen LogP contribution in [0.2, 0.25) is 0 Å². The number of hydrogen-bond donors (Lipinski definition) is 1. The van der Waals surface area contributed by atoms with Crippen LogP contribution < -0.4 is 9.47 Å². The summed E-state index contributed by atoms with van der Waals surface area (Å²) in [5, 5.41) is 9.02. The van der Waals surface area contributed by atoms with E-state index in [-0.39, 0.29) is 6.61 Å². The molecule has 1 aromatic rings. The van der Waals surface area contributed by atoms with Crippen molar-refractivity contribution in [3.05, 3.63) is 34.8 Å². The summed E-state index contributed by atoms with van der Waals surface area (Å²) in [7, 11) is 1.56. The number of rotatable bonds is 5. The van der Waals surface area contributed by atoms with E-state index >= 15 is 0 Å². The van der Waals surface area contributed by atoms with Crippen LogP contribution in [0.15, 0.2) is 29.3 Å². The maximum Gasteiger partial charge on any atom is 0.175 e. The molecule has 3 nitrogen and oxygen atoms in total. The van der Waals surface area contributed by atoms with E-state index in [1.807, 2.05) is 0 Å². The van der Waals surface area contributed by atoms with Crippen molar-refractivity contribution in [2.24, 2.45) is 0 Å². The second-order valence-electron chi connectivity index (χ2n) is 2.87. The second kappa shape index (κ2) is 5.78. The summed E-state index contributed by atoms with van der Waals surface area (Å²) in [6, 6.07) is 3.53. The van der Waals surface area contributed by atoms with Crippen molar-refractivity contribution in [3.63, 3.8) is 0 Å². The number of aliphatic hydroxyl groups is 1. The molecule has 4 heteroatoms. The van der Waals surface area contributed by atoms with Crippen molar-refractivity contribution in [2.75, 3.05) is 13.7 Å². The molecule has 0 aliphatic carbocycles. The van der Waals surface area contributed by atoms with Crippen molar-refractivity contribution in [3.8, 4) is 11.5 Å². The number of halogens is 1. The van der Waals surface area contributed by atoms with E-state index in [4.69, 9.17) is 14.6 Å². The summed E-state index contributed by atoms with van der Waals surface area (Å²) in [4.78, 5) is 0. The van der Waals surface area contributed by atoms with Crippen LogP contribution in [0.4, 0.5) is 0 Å². The van der Waals surface area contributed by atoms with Gasteiger partial charge in [-0.1, -0.05) is 12.7 Å². The Morgan fingerprint density at radius 3 is 2.80 bits per heavy atom. The van der Waals surface area contributed by atoms with Gasteiger partial charge in [-0.05, 0) is 33.6 Å². The van der Waals surface area contributed by atoms with E-state index in [1.54, 1.807) is 25.3 Å². The maximum absolute atomic E-state index is 9.02. The molecule has 0 fully saturated rings. The van der Waals surface area contributed by atoms with Crippen molar-refractivity contribution in [1.29, 1.82) is 0 Å². The third kappa shape index (κ3) is 2.97. The number of benzene rings is 1. The molecule has 1 rings (SSSR count). The lowest BCUT2D eigenvalue weighted by Crippen LogP contribution is -1.98. The second-order valence-corrected chi connectivity index (χ2v) is 3.72. The lowest BCUT2D eigenvalue weighted by Gasteiger charge is -2.12. The highest BCUT2D eigenvalue weighted by molar-refractivity contribution is 9.10. The van der Waals surface area contributed by atoms with Gasteiger partial charge in [-0.15, -0.1) is 0 Å². The summed E-state index contributed by atoms with van der Waals surface area (Å²) in [6.07, 6.45) is 1.66. The Kier molecular flexibility index (Phi) is 4.65. The van der Waals surface area contributed by atoms with Gasteiger partial charge in [0.05, 0.1) is 18.2 Å². The Balaban J connectivity index is 3.06. The molecule has 0 aromatic heterocycles. The van der Waals surface area contributed by atoms with Crippen LogP contribution in [0.3, 0.4) is 0 Å². The summed E-state index contributed by atoms with van der Waals surface area (Å²) in [5.41, 5.74) is 0.768. The molecule has 1 aromatic carbocycles. The molecule has 0 atom stereocenters. The Morgan fingerprint density at radius 1 is 1.53 bits per heavy atom. The van der Waals surface area contributed by atoms with Crippen LogP contribution in [-0.2, 0) is 6.61 Å². The van der Waals surface area contributed by atoms with E-state index in [2.05, 4.69) is 22.5 Å². The Morgan fingerprint density at radius 2 is 2.27 bits per heavy atom. The third-order valence-electron chi connectivity index (χ3n) is 1.82. The van der Waals surface area contributed by atoms with Crippen LogP contribution in [0.5, 0.6) is 11.5 Å². The van der Waals surface area contributed by atoms with Crippen LogP contribution in [0.25, 0.3) is 0 Å². The van der Waals surface area contributed by atoms with Gasteiger partial charge in [0.2, 0.25) is 0 Å². The predicted octanol–water partition coefficient (Wildman–Crippen LogP) is 2.51. The minimum absolute atomic E-state index is 0.0311. The molecule has 0 aliphatic rings. The average Bonchev–Trinajstić information content (AvgIpc) is 2.26. The summed E-state index contributed by atoms with van der Waals surface area (Å²) in [5.74, 6) is 1.21. The number of ether oxygens (including phenoxy) is 2. The molecule has 0 unspecified atom stereocenters. The molecule has 0 saturated carbocycles. The van der Waals surface area contributed by atoms with E-state index in [9.17, 15) is 0 Å². The van der Waals surface area contributed by atoms with Crippen LogP contribution >= 0.6 is 15.9 Å². The fraction of sp³-hybridized carbons (Fsp3) is 0.273. The molecule has 0 spiro atoms. The molecule has 1 N–H and O–H groups in total. The first-order valence-corrected chi connectivity index (χ1v) is 5.23. The fourth-order valence-corrected chi connectivity index (χ4v) is 1.75. The summed E-state index contributed by atoms with van der Waals surface area (Å²) >= 11 is 3.36. The van der Waals surface area contributed by atoms with Crippen molar-refractivity contribution in [2.45, 2.75) is 6.61 Å². The Hall–Kier alpha value is -1.00. The monoisotopic (exact) mass is 272 g/mol. The van der Waals surface area contributed by atoms with Gasteiger partial charge in [-0.2, -0.15) is 0 Å². The quantitative estimate of drug-likeness (QED) is 0.838. The van der Waals surface area contributed by atoms with Crippen molar-refractivity contribution >= 4 is 15.9 Å². The van der Waals surface area contributed by atoms with Gasteiger partial charge in [-0.25, -0.2) is 0 Å². The van der Waals surface area contributed by atoms with Crippen molar-refractivity contribution in [1.82, 2.24) is 0 Å². The highest BCUT2D eigenvalue weighted by Gasteiger charge is 2.10. The zero-order valence-corrected chi connectivity index (χ0v) is 10.1. The van der Waals surface area contributed by atoms with Gasteiger partial charge >= 0.3 is 0 Å². The molecule has 0 amide bonds. The molecule has 0 radical (unpaired) electrons. The lowest BCUT2D eigenvalue weighted by molar-refractivity contribution is 0.279. The van der Waals surface area contributed by atoms with Gasteiger partial charge in [0.15, 0.2) is 11.5 Å². The van der Waals surface area contributed by atoms with Crippen molar-refractivity contribution < 1.29 is 14.6 Å². The molecule has 15 heavy (non-hydrogen) atoms. The number of methoxy groups -OCH3 is 1. The minimum Gasteiger partial charge on any atom is -0.493 e. The van der Waals surface area contributed by atoms with Gasteiger partial charge in [0.1, 0.15) is 6.61 Å². The van der Waals surface area contributed by atoms with Crippen LogP contribution in [0, 0.1) is 0 Å². The third-order valence-corrected chi connectivity index (χ3v) is 2.41. The van der Waals surface area contributed by atoms with Crippen LogP contribution in [-0.4, -0.2) is 18.8 Å². The largest absolute Gasteiger partial charge is 0.493 e. The SMILES string of the molecule is C=CCOc1c(Br)cc(CO)cc1OC. The zero-order valence-electron chi connectivity index (χ0n) is 8.50. The summed E-state index contributed by atoms with van der Waals surface area (Å²) in [6.45, 7) is 3.95. The molecule has 0 aliphatic heterocycles. The fourth-order valence-electron chi connectivity index (χ4n) is 1.15. The van der Waals surface area contributed by atoms with Gasteiger partial charge in [-0.3, -0.25) is 0 Å². The van der Waals surface area contributed by atoms with Gasteiger partial charge in [0.25, 0.3) is 0 Å². The van der Waals surface area contributed by atoms with E-state index < -0.39 is 0 Å². The Bertz CT molecular complexity index is 350. The number of aliphatic hydroxyl groups excluding tert-OH is 1. The first kappa shape index (κ1) is 12.1. The van der Waals surface area contributed by atoms with E-state index in [0.29, 0.717) is 18.1 Å². The van der Waals surface area contributed by atoms with Gasteiger partial charge < -0.3 is 14.6 Å². The molecular formula is C11H13BrO3. The lowest BCUT2D eigenvalue weighted by atomic mass is 10.2. The molecular weight excluding hydrogens is 260 g/mol. The standard InChI is InChI=1S/C11H13BrO3/c1-3-4-15-11-9(12)5-8(7-13)6-10(11)14-2/h3,5-6,13H,1,4,7H2,2H3. The first-order chi connectivity index (χ1) is 7.22. The molecule has 82 valence electrons. The molecule has 0 bridgehead atoms. The van der Waals surface area contributed by atoms with Gasteiger partial charge in [0, 0.05) is 0 Å². The van der Waals surface area contributed by atoms with E-state index in [0.717, 1.165) is 10.0 Å². The average molecular weight is 273 g/mol. The maximum atomic E-state index is 9.02. The normalized spacial score (nSPS) is 9.80. The highest BCUT2D eigenvalue weighted by Crippen LogP contribution is 2.36. The smallest absolute Gasteiger partial charge is 0.175 e. The van der Waals surface area contributed by atoms with Crippen LogP contribution in [0.1, 0.15) is 5.56 Å². The minimum atomic E-state index is -0.0311. The molecule has 0 heterocycles. The van der Waals surface area contributed by atoms with E-state index in [1.165, 1.54) is 0 Å². The Labute approximate surface area is 97.5 Å². The molecule has 0 saturated heterocycles. The first-order valence-electron chi connectivity index (χ1n) is 4.44. The number of hydrogen-bond acceptors (Lipinski definition) is 3. The highest BCUT2D eigenvalue weighted by atomic mass is 79.9. The predicted molar refractivity (Wildman–Crippen MR) is 62.3 cm³/mol.